The number of aromatic hydroxyl groups is 1. The van der Waals surface area contributed by atoms with Gasteiger partial charge in [0, 0.05) is 38.7 Å². The fourth-order valence-corrected chi connectivity index (χ4v) is 4.98. The van der Waals surface area contributed by atoms with Crippen molar-refractivity contribution in [1.82, 2.24) is 0 Å². The SMILES string of the molecule is CCC(=O)c1ccc(F)cc1.Cc1ccc(Cl)cc1-c1c(O)c(C)c(-c2ccc(F)cc2)oc1=O.Cc1ccc(Cl)cc1C(=C=O)C(=O)Cl. The molecule has 1 N–H and O–H groups in total. The molecule has 0 saturated heterocycles. The molecule has 5 aromatic rings. The summed E-state index contributed by atoms with van der Waals surface area (Å²) in [6.45, 7) is 6.99. The summed E-state index contributed by atoms with van der Waals surface area (Å²) >= 11 is 16.9. The first-order valence-electron chi connectivity index (χ1n) is 14.6. The van der Waals surface area contributed by atoms with Crippen LogP contribution in [0.25, 0.3) is 28.0 Å². The maximum atomic E-state index is 13.1. The first-order chi connectivity index (χ1) is 23.2. The van der Waals surface area contributed by atoms with E-state index < -0.39 is 16.7 Å². The van der Waals surface area contributed by atoms with Gasteiger partial charge in [-0.15, -0.1) is 0 Å². The molecule has 5 rings (SSSR count). The summed E-state index contributed by atoms with van der Waals surface area (Å²) in [6, 6.07) is 21.1. The van der Waals surface area contributed by atoms with Crippen molar-refractivity contribution < 1.29 is 32.7 Å². The minimum Gasteiger partial charge on any atom is -0.507 e. The molecule has 0 spiro atoms. The number of halogens is 5. The smallest absolute Gasteiger partial charge is 0.347 e. The number of hydrogen-bond acceptors (Lipinski definition) is 6. The average Bonchev–Trinajstić information content (AvgIpc) is 3.07. The van der Waals surface area contributed by atoms with Crippen molar-refractivity contribution in [2.75, 3.05) is 0 Å². The Kier molecular flexibility index (Phi) is 13.8. The van der Waals surface area contributed by atoms with Crippen LogP contribution in [0, 0.1) is 32.4 Å². The summed E-state index contributed by atoms with van der Waals surface area (Å²) in [4.78, 5) is 44.8. The fraction of sp³-hybridized carbons (Fsp3) is 0.132. The molecular weight excluding hydrogens is 697 g/mol. The van der Waals surface area contributed by atoms with E-state index >= 15 is 0 Å². The molecule has 0 atom stereocenters. The minimum atomic E-state index is -0.828. The zero-order valence-corrected chi connectivity index (χ0v) is 28.9. The average molecular weight is 726 g/mol. The van der Waals surface area contributed by atoms with E-state index in [1.807, 2.05) is 6.92 Å². The van der Waals surface area contributed by atoms with Crippen molar-refractivity contribution in [3.63, 3.8) is 0 Å². The van der Waals surface area contributed by atoms with Gasteiger partial charge in [-0.05, 0) is 122 Å². The summed E-state index contributed by atoms with van der Waals surface area (Å²) in [5.74, 6) is 0.895. The number of ketones is 1. The third kappa shape index (κ3) is 10.1. The molecule has 1 heterocycles. The van der Waals surface area contributed by atoms with E-state index in [-0.39, 0.29) is 34.2 Å². The molecular formula is C38H29Cl3F2O6. The normalized spacial score (nSPS) is 10.1. The van der Waals surface area contributed by atoms with E-state index in [4.69, 9.17) is 39.2 Å². The third-order valence-corrected chi connectivity index (χ3v) is 7.82. The van der Waals surface area contributed by atoms with Gasteiger partial charge in [0.15, 0.2) is 5.78 Å². The Hall–Kier alpha value is -4.85. The molecule has 0 radical (unpaired) electrons. The molecule has 0 amide bonds. The Balaban J connectivity index is 0.000000221. The summed E-state index contributed by atoms with van der Waals surface area (Å²) in [7, 11) is 0. The van der Waals surface area contributed by atoms with Crippen LogP contribution in [0.3, 0.4) is 0 Å². The lowest BCUT2D eigenvalue weighted by molar-refractivity contribution is -0.106. The highest BCUT2D eigenvalue weighted by atomic mass is 35.5. The van der Waals surface area contributed by atoms with E-state index in [1.165, 1.54) is 60.5 Å². The van der Waals surface area contributed by atoms with Gasteiger partial charge in [0.1, 0.15) is 40.2 Å². The van der Waals surface area contributed by atoms with Crippen LogP contribution < -0.4 is 5.63 Å². The van der Waals surface area contributed by atoms with Crippen LogP contribution >= 0.6 is 34.8 Å². The highest BCUT2D eigenvalue weighted by Gasteiger charge is 2.20. The third-order valence-electron chi connectivity index (χ3n) is 7.16. The molecule has 0 aliphatic carbocycles. The lowest BCUT2D eigenvalue weighted by atomic mass is 9.98. The number of benzene rings is 4. The van der Waals surface area contributed by atoms with Gasteiger partial charge in [-0.1, -0.05) is 42.3 Å². The van der Waals surface area contributed by atoms with Gasteiger partial charge in [-0.2, -0.15) is 0 Å². The van der Waals surface area contributed by atoms with Crippen LogP contribution in [0.15, 0.2) is 94.1 Å². The van der Waals surface area contributed by atoms with E-state index in [9.17, 15) is 33.1 Å². The predicted octanol–water partition coefficient (Wildman–Crippen LogP) is 10.1. The largest absolute Gasteiger partial charge is 0.507 e. The Morgan fingerprint density at radius 2 is 1.35 bits per heavy atom. The van der Waals surface area contributed by atoms with Gasteiger partial charge in [-0.3, -0.25) is 9.59 Å². The number of allylic oxidation sites excluding steroid dienone is 1. The molecule has 1 aromatic heterocycles. The Labute approximate surface area is 296 Å². The van der Waals surface area contributed by atoms with E-state index in [2.05, 4.69) is 0 Å². The number of hydrogen-bond donors (Lipinski definition) is 1. The van der Waals surface area contributed by atoms with Gasteiger partial charge < -0.3 is 9.52 Å². The molecule has 49 heavy (non-hydrogen) atoms. The van der Waals surface area contributed by atoms with Crippen LogP contribution in [0.1, 0.15) is 46.0 Å². The van der Waals surface area contributed by atoms with Gasteiger partial charge in [-0.25, -0.2) is 18.4 Å². The molecule has 0 bridgehead atoms. The molecule has 0 aliphatic rings. The number of Topliss-reactive ketones (excluding diaryl/α,β-unsaturated/α-hetero) is 1. The highest BCUT2D eigenvalue weighted by Crippen LogP contribution is 2.37. The number of carbonyl (C=O) groups is 2. The van der Waals surface area contributed by atoms with Crippen molar-refractivity contribution in [3.05, 3.63) is 145 Å². The minimum absolute atomic E-state index is 0.0463. The van der Waals surface area contributed by atoms with E-state index in [0.717, 1.165) is 11.1 Å². The molecule has 252 valence electrons. The predicted molar refractivity (Wildman–Crippen MR) is 189 cm³/mol. The summed E-state index contributed by atoms with van der Waals surface area (Å²) in [6.07, 6.45) is 0.464. The lowest BCUT2D eigenvalue weighted by Gasteiger charge is -2.12. The quantitative estimate of drug-likeness (QED) is 0.0809. The van der Waals surface area contributed by atoms with E-state index in [1.54, 1.807) is 51.1 Å². The molecule has 0 saturated carbocycles. The number of aryl methyl sites for hydroxylation is 2. The molecule has 6 nitrogen and oxygen atoms in total. The van der Waals surface area contributed by atoms with Gasteiger partial charge >= 0.3 is 5.63 Å². The second-order valence-electron chi connectivity index (χ2n) is 10.5. The van der Waals surface area contributed by atoms with Crippen molar-refractivity contribution in [2.24, 2.45) is 0 Å². The molecule has 0 fully saturated rings. The highest BCUT2D eigenvalue weighted by molar-refractivity contribution is 6.75. The topological polar surface area (TPSA) is 102 Å². The lowest BCUT2D eigenvalue weighted by Crippen LogP contribution is -2.07. The number of rotatable bonds is 6. The first kappa shape index (κ1) is 38.6. The molecule has 11 heteroatoms. The molecule has 0 unspecified atom stereocenters. The summed E-state index contributed by atoms with van der Waals surface area (Å²) < 4.78 is 30.8. The van der Waals surface area contributed by atoms with Crippen LogP contribution in [0.4, 0.5) is 8.78 Å². The summed E-state index contributed by atoms with van der Waals surface area (Å²) in [5, 5.41) is 10.6. The Bertz CT molecular complexity index is 2100. The van der Waals surface area contributed by atoms with Crippen LogP contribution in [0.5, 0.6) is 5.75 Å². The van der Waals surface area contributed by atoms with Crippen LogP contribution in [-0.4, -0.2) is 22.1 Å². The fourth-order valence-electron chi connectivity index (χ4n) is 4.49. The first-order valence-corrected chi connectivity index (χ1v) is 15.7. The zero-order valence-electron chi connectivity index (χ0n) is 26.7. The van der Waals surface area contributed by atoms with E-state index in [0.29, 0.717) is 44.3 Å². The Morgan fingerprint density at radius 3 is 1.88 bits per heavy atom. The molecule has 4 aromatic carbocycles. The van der Waals surface area contributed by atoms with Crippen molar-refractivity contribution in [2.45, 2.75) is 34.1 Å². The standard InChI is InChI=1S/C19H14ClFO3.C10H6Cl2O2.C9H9FO/c1-10-3-6-13(20)9-15(10)16-17(22)11(2)18(24-19(16)23)12-4-7-14(21)8-5-12;1-6-2-3-7(11)4-8(6)9(5-13)10(12)14;1-2-9(11)7-3-5-8(10)6-4-7/h3-9,22H,1-2H3;2-4H,1H3;3-6H,2H2,1H3. The maximum absolute atomic E-state index is 13.1. The molecule has 0 aliphatic heterocycles. The van der Waals surface area contributed by atoms with Crippen molar-refractivity contribution >= 4 is 57.3 Å². The van der Waals surface area contributed by atoms with Gasteiger partial charge in [0.2, 0.25) is 0 Å². The van der Waals surface area contributed by atoms with Crippen LogP contribution in [-0.2, 0) is 9.59 Å². The van der Waals surface area contributed by atoms with Crippen molar-refractivity contribution in [3.8, 4) is 28.2 Å². The Morgan fingerprint density at radius 1 is 0.816 bits per heavy atom. The summed E-state index contributed by atoms with van der Waals surface area (Å²) in [5.41, 5.74) is 3.17. The monoisotopic (exact) mass is 724 g/mol. The van der Waals surface area contributed by atoms with Crippen molar-refractivity contribution in [1.29, 1.82) is 0 Å². The second kappa shape index (κ2) is 17.5. The maximum Gasteiger partial charge on any atom is 0.347 e. The van der Waals surface area contributed by atoms with Gasteiger partial charge in [0.05, 0.1) is 0 Å². The number of carbonyl (C=O) groups excluding carboxylic acids is 3. The second-order valence-corrected chi connectivity index (χ2v) is 11.7. The zero-order chi connectivity index (χ0) is 36.4. The van der Waals surface area contributed by atoms with Crippen LogP contribution in [0.2, 0.25) is 10.0 Å². The van der Waals surface area contributed by atoms with Gasteiger partial charge in [0.25, 0.3) is 5.24 Å².